The molecular weight excluding hydrogens is 565 g/mol. The molecule has 2 amide bonds. The van der Waals surface area contributed by atoms with Crippen LogP contribution in [0.2, 0.25) is 5.02 Å². The quantitative estimate of drug-likeness (QED) is 0.212. The van der Waals surface area contributed by atoms with Gasteiger partial charge in [-0.2, -0.15) is 13.2 Å². The Morgan fingerprint density at radius 3 is 2.21 bits per heavy atom. The molecule has 10 heteroatoms. The number of halogens is 4. The largest absolute Gasteiger partial charge is 0.433 e. The van der Waals surface area contributed by atoms with Crippen molar-refractivity contribution in [3.05, 3.63) is 99.7 Å². The van der Waals surface area contributed by atoms with E-state index in [0.29, 0.717) is 58.6 Å². The lowest BCUT2D eigenvalue weighted by Gasteiger charge is -2.31. The first-order chi connectivity index (χ1) is 20.0. The number of rotatable bonds is 6. The van der Waals surface area contributed by atoms with Crippen LogP contribution in [0.5, 0.6) is 0 Å². The summed E-state index contributed by atoms with van der Waals surface area (Å²) in [5.41, 5.74) is 2.90. The molecule has 5 rings (SSSR count). The number of pyridine rings is 1. The number of hydrogen-bond acceptors (Lipinski definition) is 4. The molecule has 1 fully saturated rings. The highest BCUT2D eigenvalue weighted by Gasteiger charge is 2.34. The molecule has 0 radical (unpaired) electrons. The van der Waals surface area contributed by atoms with Gasteiger partial charge in [0, 0.05) is 45.0 Å². The lowest BCUT2D eigenvalue weighted by Crippen LogP contribution is -2.40. The van der Waals surface area contributed by atoms with Crippen LogP contribution < -0.4 is 16.0 Å². The van der Waals surface area contributed by atoms with Gasteiger partial charge in [-0.1, -0.05) is 29.8 Å². The first kappa shape index (κ1) is 29.4. The summed E-state index contributed by atoms with van der Waals surface area (Å²) in [7, 11) is 0. The third kappa shape index (κ3) is 6.68. The molecule has 0 aliphatic heterocycles. The lowest BCUT2D eigenvalue weighted by molar-refractivity contribution is -0.140. The number of aryl methyl sites for hydroxylation is 2. The summed E-state index contributed by atoms with van der Waals surface area (Å²) >= 11 is 6.12. The summed E-state index contributed by atoms with van der Waals surface area (Å²) in [4.78, 5) is 29.5. The van der Waals surface area contributed by atoms with E-state index in [1.807, 2.05) is 32.0 Å². The molecule has 1 saturated carbocycles. The smallest absolute Gasteiger partial charge is 0.382 e. The standard InChI is InChI=1S/C32H30ClF3N4O2/c1-18-5-3-4-6-24(18)30(41)39-23-12-13-25(19(2)15-23)31(42)38-22-10-8-21(9-11-22)37-28-17-29(32(34,35)36)40-27-14-7-20(33)16-26(27)28/h3-7,12-17,21-22H,8-11H2,1-2H3,(H,37,40)(H,38,42)(H,39,41). The van der Waals surface area contributed by atoms with Gasteiger partial charge in [0.15, 0.2) is 0 Å². The number of fused-ring (bicyclic) bond motifs is 1. The Morgan fingerprint density at radius 2 is 1.52 bits per heavy atom. The predicted octanol–water partition coefficient (Wildman–Crippen LogP) is 7.93. The minimum atomic E-state index is -4.57. The first-order valence-corrected chi connectivity index (χ1v) is 14.1. The van der Waals surface area contributed by atoms with Gasteiger partial charge < -0.3 is 16.0 Å². The van der Waals surface area contributed by atoms with Gasteiger partial charge in [0.2, 0.25) is 0 Å². The SMILES string of the molecule is Cc1ccccc1C(=O)Nc1ccc(C(=O)NC2CCC(Nc3cc(C(F)(F)F)nc4ccc(Cl)cc34)CC2)c(C)c1. The zero-order chi connectivity index (χ0) is 30.0. The third-order valence-corrected chi connectivity index (χ3v) is 7.84. The Morgan fingerprint density at radius 1 is 0.833 bits per heavy atom. The second kappa shape index (κ2) is 12.0. The van der Waals surface area contributed by atoms with Crippen molar-refractivity contribution < 1.29 is 22.8 Å². The average molecular weight is 595 g/mol. The van der Waals surface area contributed by atoms with Gasteiger partial charge >= 0.3 is 6.18 Å². The van der Waals surface area contributed by atoms with Crippen LogP contribution in [0.4, 0.5) is 24.5 Å². The third-order valence-electron chi connectivity index (χ3n) is 7.60. The van der Waals surface area contributed by atoms with E-state index in [9.17, 15) is 22.8 Å². The number of carbonyl (C=O) groups is 2. The molecule has 0 unspecified atom stereocenters. The number of benzene rings is 3. The number of amides is 2. The van der Waals surface area contributed by atoms with Crippen molar-refractivity contribution in [3.63, 3.8) is 0 Å². The van der Waals surface area contributed by atoms with E-state index in [1.54, 1.807) is 30.3 Å². The number of nitrogens with one attached hydrogen (secondary N) is 3. The topological polar surface area (TPSA) is 83.1 Å². The molecule has 4 aromatic rings. The summed E-state index contributed by atoms with van der Waals surface area (Å²) in [6, 6.07) is 18.0. The van der Waals surface area contributed by atoms with Crippen molar-refractivity contribution >= 4 is 45.7 Å². The maximum atomic E-state index is 13.5. The highest BCUT2D eigenvalue weighted by atomic mass is 35.5. The zero-order valence-corrected chi connectivity index (χ0v) is 23.9. The van der Waals surface area contributed by atoms with Crippen LogP contribution in [-0.2, 0) is 6.18 Å². The fourth-order valence-electron chi connectivity index (χ4n) is 5.35. The second-order valence-corrected chi connectivity index (χ2v) is 11.1. The van der Waals surface area contributed by atoms with Gasteiger partial charge in [-0.3, -0.25) is 9.59 Å². The molecular formula is C32H30ClF3N4O2. The van der Waals surface area contributed by atoms with E-state index in [1.165, 1.54) is 12.1 Å². The van der Waals surface area contributed by atoms with Gasteiger partial charge in [-0.05, 0) is 99.2 Å². The van der Waals surface area contributed by atoms with Crippen molar-refractivity contribution in [2.24, 2.45) is 0 Å². The van der Waals surface area contributed by atoms with E-state index < -0.39 is 11.9 Å². The number of nitrogens with zero attached hydrogens (tertiary/aromatic N) is 1. The normalized spacial score (nSPS) is 17.1. The summed E-state index contributed by atoms with van der Waals surface area (Å²) in [6.07, 6.45) is -1.90. The van der Waals surface area contributed by atoms with Gasteiger partial charge in [0.1, 0.15) is 5.69 Å². The number of carbonyl (C=O) groups excluding carboxylic acids is 2. The van der Waals surface area contributed by atoms with Crippen molar-refractivity contribution in [2.45, 2.75) is 57.8 Å². The van der Waals surface area contributed by atoms with Crippen LogP contribution in [-0.4, -0.2) is 28.9 Å². The van der Waals surface area contributed by atoms with E-state index in [2.05, 4.69) is 20.9 Å². The van der Waals surface area contributed by atoms with E-state index in [4.69, 9.17) is 11.6 Å². The molecule has 1 aliphatic rings. The maximum Gasteiger partial charge on any atom is 0.433 e. The van der Waals surface area contributed by atoms with Crippen LogP contribution in [0, 0.1) is 13.8 Å². The molecule has 0 spiro atoms. The molecule has 6 nitrogen and oxygen atoms in total. The summed E-state index contributed by atoms with van der Waals surface area (Å²) in [5.74, 6) is -0.419. The van der Waals surface area contributed by atoms with Crippen molar-refractivity contribution in [1.82, 2.24) is 10.3 Å². The van der Waals surface area contributed by atoms with Gasteiger partial charge in [0.25, 0.3) is 11.8 Å². The Kier molecular flexibility index (Phi) is 8.41. The molecule has 3 aromatic carbocycles. The molecule has 1 aliphatic carbocycles. The van der Waals surface area contributed by atoms with Crippen molar-refractivity contribution in [2.75, 3.05) is 10.6 Å². The van der Waals surface area contributed by atoms with Gasteiger partial charge in [-0.15, -0.1) is 0 Å². The highest BCUT2D eigenvalue weighted by Crippen LogP contribution is 2.35. The number of alkyl halides is 3. The predicted molar refractivity (Wildman–Crippen MR) is 159 cm³/mol. The lowest BCUT2D eigenvalue weighted by atomic mass is 9.90. The Balaban J connectivity index is 1.20. The molecule has 42 heavy (non-hydrogen) atoms. The average Bonchev–Trinajstić information content (AvgIpc) is 2.94. The molecule has 218 valence electrons. The van der Waals surface area contributed by atoms with Crippen LogP contribution >= 0.6 is 11.6 Å². The minimum absolute atomic E-state index is 0.0650. The summed E-state index contributed by atoms with van der Waals surface area (Å²) < 4.78 is 40.4. The molecule has 0 atom stereocenters. The first-order valence-electron chi connectivity index (χ1n) is 13.7. The van der Waals surface area contributed by atoms with Gasteiger partial charge in [-0.25, -0.2) is 4.98 Å². The second-order valence-electron chi connectivity index (χ2n) is 10.7. The van der Waals surface area contributed by atoms with Crippen molar-refractivity contribution in [1.29, 1.82) is 0 Å². The molecule has 1 aromatic heterocycles. The van der Waals surface area contributed by atoms with Gasteiger partial charge in [0.05, 0.1) is 5.52 Å². The number of aromatic nitrogens is 1. The van der Waals surface area contributed by atoms with Crippen LogP contribution in [0.3, 0.4) is 0 Å². The highest BCUT2D eigenvalue weighted by molar-refractivity contribution is 6.31. The Labute approximate surface area is 246 Å². The Bertz CT molecular complexity index is 1650. The number of hydrogen-bond donors (Lipinski definition) is 3. The zero-order valence-electron chi connectivity index (χ0n) is 23.1. The van der Waals surface area contributed by atoms with E-state index >= 15 is 0 Å². The monoisotopic (exact) mass is 594 g/mol. The minimum Gasteiger partial charge on any atom is -0.382 e. The van der Waals surface area contributed by atoms with Crippen LogP contribution in [0.1, 0.15) is 63.2 Å². The summed E-state index contributed by atoms with van der Waals surface area (Å²) in [6.45, 7) is 3.69. The fraction of sp³-hybridized carbons (Fsp3) is 0.281. The fourth-order valence-corrected chi connectivity index (χ4v) is 5.52. The van der Waals surface area contributed by atoms with E-state index in [-0.39, 0.29) is 29.4 Å². The molecule has 0 saturated heterocycles. The Hall–Kier alpha value is -4.11. The maximum absolute atomic E-state index is 13.5. The van der Waals surface area contributed by atoms with E-state index in [0.717, 1.165) is 17.2 Å². The molecule has 1 heterocycles. The molecule has 3 N–H and O–H groups in total. The van der Waals surface area contributed by atoms with Crippen molar-refractivity contribution in [3.8, 4) is 0 Å². The number of anilines is 2. The summed E-state index contributed by atoms with van der Waals surface area (Å²) in [5, 5.41) is 10.2. The van der Waals surface area contributed by atoms with Crippen LogP contribution in [0.15, 0.2) is 66.7 Å². The van der Waals surface area contributed by atoms with Crippen LogP contribution in [0.25, 0.3) is 10.9 Å². The molecule has 0 bridgehead atoms.